The molecule has 1 aliphatic rings. The zero-order chi connectivity index (χ0) is 20.4. The van der Waals surface area contributed by atoms with Crippen molar-refractivity contribution in [3.05, 3.63) is 88.0 Å². The van der Waals surface area contributed by atoms with Gasteiger partial charge in [0.05, 0.1) is 4.91 Å². The normalized spacial score (nSPS) is 15.2. The summed E-state index contributed by atoms with van der Waals surface area (Å²) in [6.07, 6.45) is 1.60. The fourth-order valence-corrected chi connectivity index (χ4v) is 3.93. The number of hydrogen-bond donors (Lipinski definition) is 1. The zero-order valence-corrected chi connectivity index (χ0v) is 17.2. The van der Waals surface area contributed by atoms with Gasteiger partial charge >= 0.3 is 0 Å². The lowest BCUT2D eigenvalue weighted by Gasteiger charge is -2.15. The second-order valence-corrected chi connectivity index (χ2v) is 8.15. The van der Waals surface area contributed by atoms with Crippen molar-refractivity contribution in [1.82, 2.24) is 10.4 Å². The van der Waals surface area contributed by atoms with Gasteiger partial charge in [-0.15, -0.1) is 0 Å². The van der Waals surface area contributed by atoms with Gasteiger partial charge in [-0.3, -0.25) is 15.0 Å². The van der Waals surface area contributed by atoms with E-state index in [2.05, 4.69) is 5.43 Å². The van der Waals surface area contributed by atoms with Crippen molar-refractivity contribution < 1.29 is 14.0 Å². The van der Waals surface area contributed by atoms with Crippen LogP contribution in [0, 0.1) is 0 Å². The number of thiocarbonyl (C=S) groups is 1. The SMILES string of the molecule is O=C(NN1C(=O)/C(=C\c2ccc(-c3ccc(Cl)cc3)o2)SC1=S)c1ccccc1. The number of thioether (sulfide) groups is 1. The van der Waals surface area contributed by atoms with Crippen molar-refractivity contribution in [2.24, 2.45) is 0 Å². The molecule has 1 N–H and O–H groups in total. The second-order valence-electron chi connectivity index (χ2n) is 6.03. The Bertz CT molecular complexity index is 1120. The van der Waals surface area contributed by atoms with Gasteiger partial charge in [-0.05, 0) is 60.7 Å². The van der Waals surface area contributed by atoms with Crippen LogP contribution in [0.2, 0.25) is 5.02 Å². The van der Waals surface area contributed by atoms with Crippen LogP contribution in [0.4, 0.5) is 0 Å². The fourth-order valence-electron chi connectivity index (χ4n) is 2.65. The summed E-state index contributed by atoms with van der Waals surface area (Å²) in [6.45, 7) is 0. The molecule has 2 aromatic carbocycles. The molecule has 0 aliphatic carbocycles. The molecular weight excluding hydrogens is 428 g/mol. The third-order valence-electron chi connectivity index (χ3n) is 4.07. The van der Waals surface area contributed by atoms with Crippen LogP contribution >= 0.6 is 35.6 Å². The fraction of sp³-hybridized carbons (Fsp3) is 0. The van der Waals surface area contributed by atoms with Crippen molar-refractivity contribution in [1.29, 1.82) is 0 Å². The first-order valence-electron chi connectivity index (χ1n) is 8.51. The lowest BCUT2D eigenvalue weighted by atomic mass is 10.2. The first-order valence-corrected chi connectivity index (χ1v) is 10.1. The van der Waals surface area contributed by atoms with Crippen molar-refractivity contribution in [2.45, 2.75) is 0 Å². The molecule has 0 radical (unpaired) electrons. The molecule has 1 aromatic heterocycles. The summed E-state index contributed by atoms with van der Waals surface area (Å²) in [7, 11) is 0. The minimum absolute atomic E-state index is 0.245. The summed E-state index contributed by atoms with van der Waals surface area (Å²) < 4.78 is 6.05. The molecular formula is C21H13ClN2O3S2. The third kappa shape index (κ3) is 4.27. The molecule has 3 aromatic rings. The third-order valence-corrected chi connectivity index (χ3v) is 5.63. The predicted molar refractivity (Wildman–Crippen MR) is 118 cm³/mol. The molecule has 0 bridgehead atoms. The number of halogens is 1. The summed E-state index contributed by atoms with van der Waals surface area (Å²) in [5, 5.41) is 1.71. The van der Waals surface area contributed by atoms with Crippen LogP contribution in [-0.4, -0.2) is 21.1 Å². The Morgan fingerprint density at radius 2 is 1.79 bits per heavy atom. The van der Waals surface area contributed by atoms with Crippen molar-refractivity contribution in [2.75, 3.05) is 0 Å². The average molecular weight is 441 g/mol. The van der Waals surface area contributed by atoms with Gasteiger partial charge in [-0.2, -0.15) is 5.01 Å². The van der Waals surface area contributed by atoms with Crippen LogP contribution in [0.15, 0.2) is 76.1 Å². The van der Waals surface area contributed by atoms with Gasteiger partial charge < -0.3 is 4.42 Å². The van der Waals surface area contributed by atoms with Gasteiger partial charge in [-0.25, -0.2) is 0 Å². The molecule has 4 rings (SSSR count). The van der Waals surface area contributed by atoms with E-state index in [-0.39, 0.29) is 4.32 Å². The number of furan rings is 1. The number of amides is 2. The van der Waals surface area contributed by atoms with E-state index in [9.17, 15) is 9.59 Å². The summed E-state index contributed by atoms with van der Waals surface area (Å²) >= 11 is 12.2. The van der Waals surface area contributed by atoms with E-state index in [0.29, 0.717) is 27.0 Å². The molecule has 1 fully saturated rings. The quantitative estimate of drug-likeness (QED) is 0.449. The molecule has 2 amide bonds. The van der Waals surface area contributed by atoms with Crippen molar-refractivity contribution in [3.63, 3.8) is 0 Å². The van der Waals surface area contributed by atoms with Gasteiger partial charge in [0.2, 0.25) is 0 Å². The second kappa shape index (κ2) is 8.24. The Morgan fingerprint density at radius 3 is 2.52 bits per heavy atom. The van der Waals surface area contributed by atoms with Crippen LogP contribution in [0.3, 0.4) is 0 Å². The van der Waals surface area contributed by atoms with Crippen molar-refractivity contribution >= 4 is 57.8 Å². The Labute approximate surface area is 181 Å². The highest BCUT2D eigenvalue weighted by atomic mass is 35.5. The average Bonchev–Trinajstić information content (AvgIpc) is 3.29. The molecule has 0 atom stereocenters. The molecule has 0 unspecified atom stereocenters. The largest absolute Gasteiger partial charge is 0.457 e. The molecule has 1 saturated heterocycles. The molecule has 0 saturated carbocycles. The van der Waals surface area contributed by atoms with Crippen LogP contribution in [0.25, 0.3) is 17.4 Å². The van der Waals surface area contributed by atoms with Crippen LogP contribution in [-0.2, 0) is 4.79 Å². The van der Waals surface area contributed by atoms with Crippen LogP contribution in [0.1, 0.15) is 16.1 Å². The Hall–Kier alpha value is -2.87. The number of carbonyl (C=O) groups excluding carboxylic acids is 2. The lowest BCUT2D eigenvalue weighted by Crippen LogP contribution is -2.44. The number of hydrogen-bond acceptors (Lipinski definition) is 5. The van der Waals surface area contributed by atoms with E-state index in [1.165, 1.54) is 0 Å². The molecule has 5 nitrogen and oxygen atoms in total. The van der Waals surface area contributed by atoms with E-state index in [4.69, 9.17) is 28.2 Å². The van der Waals surface area contributed by atoms with Gasteiger partial charge in [0, 0.05) is 22.2 Å². The Kier molecular flexibility index (Phi) is 5.53. The van der Waals surface area contributed by atoms with Gasteiger partial charge in [-0.1, -0.05) is 41.6 Å². The Morgan fingerprint density at radius 1 is 1.07 bits per heavy atom. The topological polar surface area (TPSA) is 62.6 Å². The van der Waals surface area contributed by atoms with Gasteiger partial charge in [0.25, 0.3) is 11.8 Å². The zero-order valence-electron chi connectivity index (χ0n) is 14.8. The van der Waals surface area contributed by atoms with Gasteiger partial charge in [0.1, 0.15) is 11.5 Å². The van der Waals surface area contributed by atoms with E-state index >= 15 is 0 Å². The number of nitrogens with one attached hydrogen (secondary N) is 1. The van der Waals surface area contributed by atoms with Gasteiger partial charge in [0.15, 0.2) is 4.32 Å². The maximum atomic E-state index is 12.7. The van der Waals surface area contributed by atoms with E-state index in [1.807, 2.05) is 18.2 Å². The maximum absolute atomic E-state index is 12.7. The summed E-state index contributed by atoms with van der Waals surface area (Å²) in [5.74, 6) is 0.338. The monoisotopic (exact) mass is 440 g/mol. The molecule has 8 heteroatoms. The highest BCUT2D eigenvalue weighted by Gasteiger charge is 2.34. The van der Waals surface area contributed by atoms with Crippen molar-refractivity contribution in [3.8, 4) is 11.3 Å². The smallest absolute Gasteiger partial charge is 0.285 e. The molecule has 2 heterocycles. The first kappa shape index (κ1) is 19.4. The molecule has 29 heavy (non-hydrogen) atoms. The predicted octanol–water partition coefficient (Wildman–Crippen LogP) is 5.15. The van der Waals surface area contributed by atoms with E-state index in [0.717, 1.165) is 22.3 Å². The highest BCUT2D eigenvalue weighted by Crippen LogP contribution is 2.33. The molecule has 0 spiro atoms. The van der Waals surface area contributed by atoms with E-state index in [1.54, 1.807) is 54.6 Å². The molecule has 1 aliphatic heterocycles. The summed E-state index contributed by atoms with van der Waals surface area (Å²) in [5.41, 5.74) is 3.85. The van der Waals surface area contributed by atoms with Crippen LogP contribution in [0.5, 0.6) is 0 Å². The first-order chi connectivity index (χ1) is 14.0. The minimum Gasteiger partial charge on any atom is -0.457 e. The number of nitrogens with zero attached hydrogens (tertiary/aromatic N) is 1. The number of rotatable bonds is 4. The molecule has 144 valence electrons. The summed E-state index contributed by atoms with van der Waals surface area (Å²) in [6, 6.07) is 19.4. The Balaban J connectivity index is 1.50. The number of carbonyl (C=O) groups is 2. The standard InChI is InChI=1S/C21H13ClN2O3S2/c22-15-8-6-13(7-9-15)17-11-10-16(27-17)12-18-20(26)24(21(28)29-18)23-19(25)14-4-2-1-3-5-14/h1-12H,(H,23,25)/b18-12+. The lowest BCUT2D eigenvalue weighted by molar-refractivity contribution is -0.123. The minimum atomic E-state index is -0.411. The highest BCUT2D eigenvalue weighted by molar-refractivity contribution is 8.26. The van der Waals surface area contributed by atoms with Crippen LogP contribution < -0.4 is 5.43 Å². The summed E-state index contributed by atoms with van der Waals surface area (Å²) in [4.78, 5) is 25.4. The maximum Gasteiger partial charge on any atom is 0.285 e. The van der Waals surface area contributed by atoms with E-state index < -0.39 is 11.8 Å². The number of hydrazine groups is 1. The number of benzene rings is 2.